The van der Waals surface area contributed by atoms with Crippen molar-refractivity contribution in [1.29, 1.82) is 5.26 Å². The number of rotatable bonds is 4. The van der Waals surface area contributed by atoms with Crippen molar-refractivity contribution >= 4 is 21.6 Å². The highest BCUT2D eigenvalue weighted by Gasteiger charge is 2.11. The lowest BCUT2D eigenvalue weighted by molar-refractivity contribution is 0.504. The van der Waals surface area contributed by atoms with E-state index in [0.717, 1.165) is 4.57 Å². The van der Waals surface area contributed by atoms with E-state index in [-0.39, 0.29) is 24.2 Å². The molecule has 0 saturated carbocycles. The molecular weight excluding hydrogens is 330 g/mol. The average molecular weight is 343 g/mol. The topological polar surface area (TPSA) is 103 Å². The minimum absolute atomic E-state index is 0.00828. The maximum Gasteiger partial charge on any atom is 0.331 e. The molecule has 0 aliphatic heterocycles. The Kier molecular flexibility index (Phi) is 4.14. The quantitative estimate of drug-likeness (QED) is 0.681. The Hall–Kier alpha value is -2.99. The van der Waals surface area contributed by atoms with E-state index in [1.807, 2.05) is 0 Å². The molecule has 3 rings (SSSR count). The molecule has 0 N–H and O–H groups in total. The first-order chi connectivity index (χ1) is 11.6. The molecule has 9 heteroatoms. The zero-order valence-corrected chi connectivity index (χ0v) is 13.6. The first-order valence-electron chi connectivity index (χ1n) is 7.23. The van der Waals surface area contributed by atoms with Crippen molar-refractivity contribution in [3.8, 4) is 6.07 Å². The summed E-state index contributed by atoms with van der Waals surface area (Å²) in [4.78, 5) is 41.0. The van der Waals surface area contributed by atoms with Crippen molar-refractivity contribution in [2.75, 3.05) is 0 Å². The van der Waals surface area contributed by atoms with Gasteiger partial charge in [0.15, 0.2) is 0 Å². The van der Waals surface area contributed by atoms with Gasteiger partial charge in [0.05, 0.1) is 11.8 Å². The van der Waals surface area contributed by atoms with E-state index in [2.05, 4.69) is 4.98 Å². The normalized spacial score (nSPS) is 10.8. The highest BCUT2D eigenvalue weighted by molar-refractivity contribution is 7.17. The molecule has 0 spiro atoms. The maximum atomic E-state index is 12.3. The lowest BCUT2D eigenvalue weighted by Crippen LogP contribution is -2.42. The summed E-state index contributed by atoms with van der Waals surface area (Å²) in [5, 5.41) is 10.8. The van der Waals surface area contributed by atoms with Crippen molar-refractivity contribution < 1.29 is 0 Å². The molecule has 0 amide bonds. The van der Waals surface area contributed by atoms with Gasteiger partial charge in [0, 0.05) is 25.8 Å². The summed E-state index contributed by atoms with van der Waals surface area (Å²) in [5.74, 6) is 0. The number of nitrogens with zero attached hydrogens (tertiary/aromatic N) is 5. The van der Waals surface area contributed by atoms with Gasteiger partial charge in [-0.2, -0.15) is 5.26 Å². The third kappa shape index (κ3) is 2.57. The van der Waals surface area contributed by atoms with Crippen LogP contribution in [0.5, 0.6) is 0 Å². The number of aryl methyl sites for hydroxylation is 2. The fourth-order valence-electron chi connectivity index (χ4n) is 2.40. The molecular formula is C15H13N5O3S. The van der Waals surface area contributed by atoms with E-state index < -0.39 is 11.2 Å². The number of fused-ring (bicyclic) bond motifs is 1. The molecule has 3 aromatic heterocycles. The third-order valence-corrected chi connectivity index (χ3v) is 4.59. The van der Waals surface area contributed by atoms with Crippen molar-refractivity contribution in [3.05, 3.63) is 60.7 Å². The van der Waals surface area contributed by atoms with Gasteiger partial charge in [0.25, 0.3) is 11.1 Å². The summed E-state index contributed by atoms with van der Waals surface area (Å²) >= 11 is 1.29. The molecule has 0 atom stereocenters. The Morgan fingerprint density at radius 2 is 2.00 bits per heavy atom. The monoisotopic (exact) mass is 343 g/mol. The zero-order chi connectivity index (χ0) is 17.3. The van der Waals surface area contributed by atoms with Gasteiger partial charge in [0.2, 0.25) is 0 Å². The molecule has 0 unspecified atom stereocenters. The molecule has 3 heterocycles. The standard InChI is InChI=1S/C15H13N5O3S/c1-2-18-8-10(7-16)13(21)20(15(18)23)5-4-19-9-17-11-3-6-24-12(11)14(19)22/h3,6,8-9H,2,4-5H2,1H3. The molecule has 3 aromatic rings. The largest absolute Gasteiger partial charge is 0.331 e. The van der Waals surface area contributed by atoms with Crippen molar-refractivity contribution in [2.45, 2.75) is 26.6 Å². The predicted octanol–water partition coefficient (Wildman–Crippen LogP) is 0.373. The van der Waals surface area contributed by atoms with E-state index in [1.54, 1.807) is 24.4 Å². The number of hydrogen-bond donors (Lipinski definition) is 0. The lowest BCUT2D eigenvalue weighted by atomic mass is 10.3. The van der Waals surface area contributed by atoms with Crippen LogP contribution in [0.4, 0.5) is 0 Å². The Balaban J connectivity index is 2.01. The first-order valence-corrected chi connectivity index (χ1v) is 8.11. The fraction of sp³-hybridized carbons (Fsp3) is 0.267. The van der Waals surface area contributed by atoms with Gasteiger partial charge in [-0.15, -0.1) is 11.3 Å². The Morgan fingerprint density at radius 3 is 2.71 bits per heavy atom. The lowest BCUT2D eigenvalue weighted by Gasteiger charge is -2.10. The minimum atomic E-state index is -0.648. The van der Waals surface area contributed by atoms with Gasteiger partial charge in [-0.05, 0) is 18.4 Å². The van der Waals surface area contributed by atoms with Gasteiger partial charge in [0.1, 0.15) is 16.3 Å². The van der Waals surface area contributed by atoms with E-state index in [9.17, 15) is 14.4 Å². The zero-order valence-electron chi connectivity index (χ0n) is 12.8. The number of thiophene rings is 1. The minimum Gasteiger partial charge on any atom is -0.299 e. The van der Waals surface area contributed by atoms with Crippen LogP contribution in [0.1, 0.15) is 12.5 Å². The molecule has 24 heavy (non-hydrogen) atoms. The van der Waals surface area contributed by atoms with Gasteiger partial charge in [-0.25, -0.2) is 9.78 Å². The van der Waals surface area contributed by atoms with Gasteiger partial charge in [-0.1, -0.05) is 0 Å². The summed E-state index contributed by atoms with van der Waals surface area (Å²) in [5.41, 5.74) is -0.839. The van der Waals surface area contributed by atoms with E-state index in [0.29, 0.717) is 16.8 Å². The summed E-state index contributed by atoms with van der Waals surface area (Å²) in [6, 6.07) is 3.55. The average Bonchev–Trinajstić information content (AvgIpc) is 3.06. The van der Waals surface area contributed by atoms with Crippen LogP contribution < -0.4 is 16.8 Å². The molecule has 8 nitrogen and oxygen atoms in total. The molecule has 0 radical (unpaired) electrons. The van der Waals surface area contributed by atoms with Crippen LogP contribution in [0.15, 0.2) is 38.4 Å². The van der Waals surface area contributed by atoms with E-state index >= 15 is 0 Å². The van der Waals surface area contributed by atoms with E-state index in [1.165, 1.54) is 33.0 Å². The summed E-state index contributed by atoms with van der Waals surface area (Å²) in [6.07, 6.45) is 2.65. The summed E-state index contributed by atoms with van der Waals surface area (Å²) in [7, 11) is 0. The van der Waals surface area contributed by atoms with Crippen molar-refractivity contribution in [3.63, 3.8) is 0 Å². The Labute approximate surface area is 139 Å². The molecule has 0 aliphatic rings. The molecule has 0 aromatic carbocycles. The maximum absolute atomic E-state index is 12.3. The highest BCUT2D eigenvalue weighted by Crippen LogP contribution is 2.12. The second-order valence-electron chi connectivity index (χ2n) is 5.06. The number of hydrogen-bond acceptors (Lipinski definition) is 6. The van der Waals surface area contributed by atoms with Crippen LogP contribution in [-0.4, -0.2) is 18.7 Å². The molecule has 0 fully saturated rings. The second kappa shape index (κ2) is 6.25. The number of aromatic nitrogens is 4. The number of nitriles is 1. The molecule has 0 aliphatic carbocycles. The fourth-order valence-corrected chi connectivity index (χ4v) is 3.19. The molecule has 0 saturated heterocycles. The van der Waals surface area contributed by atoms with Gasteiger partial charge < -0.3 is 0 Å². The second-order valence-corrected chi connectivity index (χ2v) is 5.97. The Morgan fingerprint density at radius 1 is 1.21 bits per heavy atom. The molecule has 122 valence electrons. The van der Waals surface area contributed by atoms with Gasteiger partial charge >= 0.3 is 5.69 Å². The van der Waals surface area contributed by atoms with Crippen LogP contribution in [-0.2, 0) is 19.6 Å². The highest BCUT2D eigenvalue weighted by atomic mass is 32.1. The summed E-state index contributed by atoms with van der Waals surface area (Å²) in [6.45, 7) is 2.20. The van der Waals surface area contributed by atoms with Crippen molar-refractivity contribution in [1.82, 2.24) is 18.7 Å². The smallest absolute Gasteiger partial charge is 0.299 e. The summed E-state index contributed by atoms with van der Waals surface area (Å²) < 4.78 is 4.16. The predicted molar refractivity (Wildman–Crippen MR) is 89.2 cm³/mol. The first kappa shape index (κ1) is 15.9. The van der Waals surface area contributed by atoms with Crippen LogP contribution in [0.3, 0.4) is 0 Å². The Bertz CT molecular complexity index is 1130. The third-order valence-electron chi connectivity index (χ3n) is 3.70. The SMILES string of the molecule is CCn1cc(C#N)c(=O)n(CCn2cnc3ccsc3c2=O)c1=O. The van der Waals surface area contributed by atoms with Crippen LogP contribution >= 0.6 is 11.3 Å². The van der Waals surface area contributed by atoms with Gasteiger partial charge in [-0.3, -0.25) is 23.3 Å². The van der Waals surface area contributed by atoms with Crippen LogP contribution in [0.2, 0.25) is 0 Å². The van der Waals surface area contributed by atoms with Crippen molar-refractivity contribution in [2.24, 2.45) is 0 Å². The molecule has 0 bridgehead atoms. The van der Waals surface area contributed by atoms with Crippen LogP contribution in [0.25, 0.3) is 10.2 Å². The van der Waals surface area contributed by atoms with E-state index in [4.69, 9.17) is 5.26 Å². The van der Waals surface area contributed by atoms with Crippen LogP contribution in [0, 0.1) is 11.3 Å².